The molecule has 1 amide bonds. The van der Waals surface area contributed by atoms with Crippen molar-refractivity contribution in [3.8, 4) is 16.9 Å². The SMILES string of the molecule is CCCCNCc1cc(C(F)(F)F)c(/C=C/c2cccc(-c3cccc(NC(=O)c4ccc(CN5CC[C@@H](O)C5)cn4)c3Cl)c2C)cc1OC. The number of alkyl halides is 3. The Labute approximate surface area is 296 Å². The van der Waals surface area contributed by atoms with Crippen LogP contribution in [0.1, 0.15) is 70.1 Å². The lowest BCUT2D eigenvalue weighted by atomic mass is 9.94. The molecule has 1 atom stereocenters. The molecule has 0 aliphatic carbocycles. The number of pyridine rings is 1. The van der Waals surface area contributed by atoms with E-state index in [0.29, 0.717) is 52.8 Å². The maximum Gasteiger partial charge on any atom is 0.417 e. The number of β-amino-alcohol motifs (C(OH)–C–C–N with tert-alkyl or cyclic N) is 1. The molecule has 50 heavy (non-hydrogen) atoms. The minimum atomic E-state index is -4.56. The monoisotopic (exact) mass is 706 g/mol. The van der Waals surface area contributed by atoms with E-state index in [2.05, 4.69) is 27.4 Å². The Morgan fingerprint density at radius 2 is 1.86 bits per heavy atom. The van der Waals surface area contributed by atoms with E-state index in [1.165, 1.54) is 19.3 Å². The first-order chi connectivity index (χ1) is 24.0. The summed E-state index contributed by atoms with van der Waals surface area (Å²) in [7, 11) is 1.45. The number of carbonyl (C=O) groups is 1. The van der Waals surface area contributed by atoms with Crippen LogP contribution in [0.2, 0.25) is 5.02 Å². The van der Waals surface area contributed by atoms with Crippen LogP contribution in [0.15, 0.2) is 66.9 Å². The van der Waals surface area contributed by atoms with Crippen LogP contribution in [0.5, 0.6) is 5.75 Å². The normalized spacial score (nSPS) is 15.2. The zero-order chi connectivity index (χ0) is 35.8. The fraction of sp³-hybridized carbons (Fsp3) is 0.333. The third kappa shape index (κ3) is 9.11. The highest BCUT2D eigenvalue weighted by Gasteiger charge is 2.34. The highest BCUT2D eigenvalue weighted by Crippen LogP contribution is 2.39. The zero-order valence-electron chi connectivity index (χ0n) is 28.4. The second-order valence-electron chi connectivity index (χ2n) is 12.5. The quantitative estimate of drug-likeness (QED) is 0.0954. The Hall–Kier alpha value is -4.22. The van der Waals surface area contributed by atoms with E-state index in [1.807, 2.05) is 37.3 Å². The Morgan fingerprint density at radius 1 is 1.10 bits per heavy atom. The van der Waals surface area contributed by atoms with E-state index in [-0.39, 0.29) is 23.9 Å². The third-order valence-electron chi connectivity index (χ3n) is 8.85. The largest absolute Gasteiger partial charge is 0.496 e. The summed E-state index contributed by atoms with van der Waals surface area (Å²) in [5, 5.41) is 16.1. The lowest BCUT2D eigenvalue weighted by molar-refractivity contribution is -0.137. The summed E-state index contributed by atoms with van der Waals surface area (Å²) in [5.74, 6) is -0.0361. The number of amides is 1. The summed E-state index contributed by atoms with van der Waals surface area (Å²) in [6.07, 6.45) is 2.56. The number of nitrogens with one attached hydrogen (secondary N) is 2. The van der Waals surface area contributed by atoms with Crippen molar-refractivity contribution in [2.45, 2.75) is 58.5 Å². The van der Waals surface area contributed by atoms with Crippen LogP contribution in [-0.4, -0.2) is 53.7 Å². The first kappa shape index (κ1) is 37.0. The summed E-state index contributed by atoms with van der Waals surface area (Å²) < 4.78 is 48.2. The molecule has 0 unspecified atom stereocenters. The number of methoxy groups -OCH3 is 1. The molecule has 0 bridgehead atoms. The van der Waals surface area contributed by atoms with E-state index in [9.17, 15) is 23.1 Å². The first-order valence-electron chi connectivity index (χ1n) is 16.7. The second kappa shape index (κ2) is 16.7. The molecule has 1 aliphatic rings. The van der Waals surface area contributed by atoms with Crippen molar-refractivity contribution in [1.29, 1.82) is 0 Å². The lowest BCUT2D eigenvalue weighted by Crippen LogP contribution is -2.21. The van der Waals surface area contributed by atoms with Crippen molar-refractivity contribution >= 4 is 35.3 Å². The molecule has 7 nitrogen and oxygen atoms in total. The standard InChI is InChI=1S/C39H42ClF3N4O3/c1-4-5-17-44-22-29-19-33(39(41,42)43)28(20-36(29)50-3)14-13-27-8-6-9-31(25(27)2)32-10-7-11-34(37(32)40)46-38(49)35-15-12-26(21-45-35)23-47-18-16-30(48)24-47/h6-15,19-21,30,44,48H,4-5,16-18,22-24H2,1-3H3,(H,46,49)/b14-13+/t30-/m1/s1. The number of hydrogen-bond donors (Lipinski definition) is 3. The number of rotatable bonds is 13. The van der Waals surface area contributed by atoms with Crippen LogP contribution < -0.4 is 15.4 Å². The smallest absolute Gasteiger partial charge is 0.417 e. The summed E-state index contributed by atoms with van der Waals surface area (Å²) in [6, 6.07) is 16.9. The van der Waals surface area contributed by atoms with Gasteiger partial charge in [0.1, 0.15) is 11.4 Å². The molecule has 3 N–H and O–H groups in total. The first-order valence-corrected chi connectivity index (χ1v) is 17.1. The molecule has 4 aromatic rings. The van der Waals surface area contributed by atoms with Gasteiger partial charge in [0.25, 0.3) is 5.91 Å². The number of aromatic nitrogens is 1. The highest BCUT2D eigenvalue weighted by atomic mass is 35.5. The summed E-state index contributed by atoms with van der Waals surface area (Å²) in [4.78, 5) is 19.6. The lowest BCUT2D eigenvalue weighted by Gasteiger charge is -2.17. The number of likely N-dealkylation sites (tertiary alicyclic amines) is 1. The van der Waals surface area contributed by atoms with E-state index >= 15 is 0 Å². The number of halogens is 4. The van der Waals surface area contributed by atoms with Gasteiger partial charge in [-0.05, 0) is 78.4 Å². The molecule has 1 aliphatic heterocycles. The molecule has 0 spiro atoms. The van der Waals surface area contributed by atoms with Gasteiger partial charge in [-0.25, -0.2) is 0 Å². The number of carbonyl (C=O) groups excluding carboxylic acids is 1. The van der Waals surface area contributed by atoms with Crippen molar-refractivity contribution in [3.05, 3.63) is 111 Å². The van der Waals surface area contributed by atoms with E-state index in [0.717, 1.165) is 48.6 Å². The van der Waals surface area contributed by atoms with Crippen LogP contribution in [0, 0.1) is 6.92 Å². The Morgan fingerprint density at radius 3 is 2.54 bits per heavy atom. The second-order valence-corrected chi connectivity index (χ2v) is 12.9. The molecule has 1 aromatic heterocycles. The van der Waals surface area contributed by atoms with Crippen LogP contribution in [0.4, 0.5) is 18.9 Å². The summed E-state index contributed by atoms with van der Waals surface area (Å²) in [5.41, 5.74) is 4.21. The van der Waals surface area contributed by atoms with E-state index in [4.69, 9.17) is 16.3 Å². The average molecular weight is 707 g/mol. The Bertz CT molecular complexity index is 1830. The highest BCUT2D eigenvalue weighted by molar-refractivity contribution is 6.36. The molecule has 0 radical (unpaired) electrons. The maximum atomic E-state index is 14.2. The summed E-state index contributed by atoms with van der Waals surface area (Å²) in [6.45, 7) is 6.99. The van der Waals surface area contributed by atoms with Crippen LogP contribution in [0.3, 0.4) is 0 Å². The molecule has 3 aromatic carbocycles. The Kier molecular flexibility index (Phi) is 12.3. The van der Waals surface area contributed by atoms with Crippen molar-refractivity contribution < 1.29 is 27.8 Å². The number of benzene rings is 3. The maximum absolute atomic E-state index is 14.2. The molecule has 1 saturated heterocycles. The van der Waals surface area contributed by atoms with Gasteiger partial charge in [0, 0.05) is 43.5 Å². The van der Waals surface area contributed by atoms with Gasteiger partial charge in [-0.1, -0.05) is 73.5 Å². The fourth-order valence-electron chi connectivity index (χ4n) is 6.07. The number of hydrogen-bond acceptors (Lipinski definition) is 6. The van der Waals surface area contributed by atoms with Gasteiger partial charge in [-0.3, -0.25) is 14.7 Å². The molecular weight excluding hydrogens is 665 g/mol. The Balaban J connectivity index is 1.36. The van der Waals surface area contributed by atoms with Crippen LogP contribution >= 0.6 is 11.6 Å². The third-order valence-corrected chi connectivity index (χ3v) is 9.25. The van der Waals surface area contributed by atoms with Gasteiger partial charge < -0.3 is 20.5 Å². The number of ether oxygens (including phenoxy) is 1. The van der Waals surface area contributed by atoms with Crippen LogP contribution in [-0.2, 0) is 19.3 Å². The van der Waals surface area contributed by atoms with Crippen molar-refractivity contribution in [2.24, 2.45) is 0 Å². The molecule has 2 heterocycles. The van der Waals surface area contributed by atoms with E-state index < -0.39 is 17.6 Å². The van der Waals surface area contributed by atoms with Gasteiger partial charge >= 0.3 is 6.18 Å². The number of aliphatic hydroxyl groups is 1. The van der Waals surface area contributed by atoms with Crippen molar-refractivity contribution in [3.63, 3.8) is 0 Å². The molecule has 5 rings (SSSR count). The zero-order valence-corrected chi connectivity index (χ0v) is 29.2. The van der Waals surface area contributed by atoms with Crippen LogP contribution in [0.25, 0.3) is 23.3 Å². The predicted molar refractivity (Wildman–Crippen MR) is 193 cm³/mol. The minimum absolute atomic E-state index is 0.00399. The molecule has 0 saturated carbocycles. The van der Waals surface area contributed by atoms with Crippen molar-refractivity contribution in [1.82, 2.24) is 15.2 Å². The fourth-order valence-corrected chi connectivity index (χ4v) is 6.35. The molecule has 264 valence electrons. The molecular formula is C39H42ClF3N4O3. The minimum Gasteiger partial charge on any atom is -0.496 e. The topological polar surface area (TPSA) is 86.7 Å². The number of anilines is 1. The van der Waals surface area contributed by atoms with Crippen molar-refractivity contribution in [2.75, 3.05) is 32.1 Å². The van der Waals surface area contributed by atoms with Gasteiger partial charge in [0.15, 0.2) is 0 Å². The number of nitrogens with zero attached hydrogens (tertiary/aromatic N) is 2. The van der Waals surface area contributed by atoms with Gasteiger partial charge in [-0.15, -0.1) is 0 Å². The van der Waals surface area contributed by atoms with Gasteiger partial charge in [-0.2, -0.15) is 13.2 Å². The molecule has 1 fully saturated rings. The average Bonchev–Trinajstić information content (AvgIpc) is 3.51. The summed E-state index contributed by atoms with van der Waals surface area (Å²) >= 11 is 6.85. The number of aliphatic hydroxyl groups excluding tert-OH is 1. The number of unbranched alkanes of at least 4 members (excludes halogenated alkanes) is 1. The predicted octanol–water partition coefficient (Wildman–Crippen LogP) is 8.62. The molecule has 11 heteroatoms. The van der Waals surface area contributed by atoms with Gasteiger partial charge in [0.2, 0.25) is 0 Å². The van der Waals surface area contributed by atoms with Gasteiger partial charge in [0.05, 0.1) is 29.5 Å². The van der Waals surface area contributed by atoms with E-state index in [1.54, 1.807) is 30.5 Å².